The highest BCUT2D eigenvalue weighted by atomic mass is 16.5. The van der Waals surface area contributed by atoms with Gasteiger partial charge in [-0.25, -0.2) is 0 Å². The summed E-state index contributed by atoms with van der Waals surface area (Å²) in [6.45, 7) is 1.75. The molecule has 14 heavy (non-hydrogen) atoms. The molecule has 0 aromatic heterocycles. The SMILES string of the molecule is COC1(C(O)C(C)C#N)CCCCC1. The molecule has 0 bridgehead atoms. The van der Waals surface area contributed by atoms with Gasteiger partial charge < -0.3 is 9.84 Å². The molecule has 0 aromatic rings. The highest BCUT2D eigenvalue weighted by Crippen LogP contribution is 2.36. The molecule has 1 N–H and O–H groups in total. The van der Waals surface area contributed by atoms with Gasteiger partial charge in [0.05, 0.1) is 23.7 Å². The number of rotatable bonds is 3. The molecule has 3 nitrogen and oxygen atoms in total. The lowest BCUT2D eigenvalue weighted by Gasteiger charge is -2.40. The second kappa shape index (κ2) is 4.77. The molecule has 3 heteroatoms. The highest BCUT2D eigenvalue weighted by Gasteiger charge is 2.41. The summed E-state index contributed by atoms with van der Waals surface area (Å²) in [7, 11) is 1.64. The third-order valence-electron chi connectivity index (χ3n) is 3.32. The smallest absolute Gasteiger partial charge is 0.0984 e. The van der Waals surface area contributed by atoms with Crippen LogP contribution in [0.25, 0.3) is 0 Å². The topological polar surface area (TPSA) is 53.2 Å². The minimum atomic E-state index is -0.655. The molecule has 0 aromatic carbocycles. The highest BCUT2D eigenvalue weighted by molar-refractivity contribution is 4.99. The average molecular weight is 197 g/mol. The van der Waals surface area contributed by atoms with Crippen molar-refractivity contribution in [1.82, 2.24) is 0 Å². The molecule has 0 spiro atoms. The van der Waals surface area contributed by atoms with Crippen molar-refractivity contribution < 1.29 is 9.84 Å². The third-order valence-corrected chi connectivity index (χ3v) is 3.32. The minimum Gasteiger partial charge on any atom is -0.389 e. The van der Waals surface area contributed by atoms with Gasteiger partial charge in [0.15, 0.2) is 0 Å². The molecule has 2 atom stereocenters. The maximum atomic E-state index is 10.0. The quantitative estimate of drug-likeness (QED) is 0.751. The number of methoxy groups -OCH3 is 1. The van der Waals surface area contributed by atoms with Crippen LogP contribution in [0.3, 0.4) is 0 Å². The maximum absolute atomic E-state index is 10.0. The van der Waals surface area contributed by atoms with Crippen molar-refractivity contribution in [2.45, 2.75) is 50.7 Å². The minimum absolute atomic E-state index is 0.354. The van der Waals surface area contributed by atoms with Crippen LogP contribution < -0.4 is 0 Å². The summed E-state index contributed by atoms with van der Waals surface area (Å²) in [5.74, 6) is -0.354. The molecule has 0 amide bonds. The molecule has 0 heterocycles. The summed E-state index contributed by atoms with van der Waals surface area (Å²) >= 11 is 0. The van der Waals surface area contributed by atoms with Gasteiger partial charge in [0.2, 0.25) is 0 Å². The van der Waals surface area contributed by atoms with Gasteiger partial charge in [0.1, 0.15) is 0 Å². The third kappa shape index (κ3) is 2.08. The Morgan fingerprint density at radius 1 is 1.36 bits per heavy atom. The lowest BCUT2D eigenvalue weighted by molar-refractivity contribution is -0.133. The fourth-order valence-corrected chi connectivity index (χ4v) is 2.30. The van der Waals surface area contributed by atoms with Crippen LogP contribution in [-0.2, 0) is 4.74 Å². The van der Waals surface area contributed by atoms with Gasteiger partial charge in [-0.15, -0.1) is 0 Å². The first-order chi connectivity index (χ1) is 6.66. The second-order valence-electron chi connectivity index (χ2n) is 4.19. The largest absolute Gasteiger partial charge is 0.389 e. The zero-order valence-electron chi connectivity index (χ0n) is 8.99. The Kier molecular flexibility index (Phi) is 3.91. The van der Waals surface area contributed by atoms with Crippen molar-refractivity contribution in [2.75, 3.05) is 7.11 Å². The van der Waals surface area contributed by atoms with Crippen LogP contribution in [-0.4, -0.2) is 23.9 Å². The number of hydrogen-bond donors (Lipinski definition) is 1. The second-order valence-corrected chi connectivity index (χ2v) is 4.19. The van der Waals surface area contributed by atoms with Gasteiger partial charge in [-0.3, -0.25) is 0 Å². The van der Waals surface area contributed by atoms with E-state index in [0.717, 1.165) is 25.7 Å². The first kappa shape index (κ1) is 11.5. The van der Waals surface area contributed by atoms with Gasteiger partial charge in [-0.2, -0.15) is 5.26 Å². The van der Waals surface area contributed by atoms with Gasteiger partial charge in [-0.05, 0) is 19.8 Å². The van der Waals surface area contributed by atoms with Gasteiger partial charge in [0.25, 0.3) is 0 Å². The normalized spacial score (nSPS) is 25.0. The molecular weight excluding hydrogens is 178 g/mol. The number of ether oxygens (including phenoxy) is 1. The number of aliphatic hydroxyl groups excluding tert-OH is 1. The Bertz CT molecular complexity index is 216. The summed E-state index contributed by atoms with van der Waals surface area (Å²) in [5.41, 5.74) is -0.465. The summed E-state index contributed by atoms with van der Waals surface area (Å²) < 4.78 is 5.46. The van der Waals surface area contributed by atoms with Crippen LogP contribution >= 0.6 is 0 Å². The predicted molar refractivity (Wildman–Crippen MR) is 53.6 cm³/mol. The van der Waals surface area contributed by atoms with Crippen LogP contribution in [0.2, 0.25) is 0 Å². The van der Waals surface area contributed by atoms with E-state index in [9.17, 15) is 5.11 Å². The van der Waals surface area contributed by atoms with Crippen LogP contribution in [0.4, 0.5) is 0 Å². The van der Waals surface area contributed by atoms with Crippen molar-refractivity contribution in [3.05, 3.63) is 0 Å². The molecule has 2 unspecified atom stereocenters. The van der Waals surface area contributed by atoms with E-state index >= 15 is 0 Å². The van der Waals surface area contributed by atoms with E-state index in [2.05, 4.69) is 6.07 Å². The van der Waals surface area contributed by atoms with E-state index in [4.69, 9.17) is 10.00 Å². The molecule has 1 rings (SSSR count). The summed E-state index contributed by atoms with van der Waals surface area (Å²) in [4.78, 5) is 0. The Morgan fingerprint density at radius 3 is 2.36 bits per heavy atom. The number of nitriles is 1. The molecule has 1 saturated carbocycles. The zero-order chi connectivity index (χ0) is 10.6. The molecule has 0 saturated heterocycles. The van der Waals surface area contributed by atoms with Crippen molar-refractivity contribution in [1.29, 1.82) is 5.26 Å². The van der Waals surface area contributed by atoms with E-state index in [1.54, 1.807) is 14.0 Å². The summed E-state index contributed by atoms with van der Waals surface area (Å²) in [6, 6.07) is 2.09. The van der Waals surface area contributed by atoms with Crippen molar-refractivity contribution in [3.8, 4) is 6.07 Å². The van der Waals surface area contributed by atoms with E-state index < -0.39 is 11.7 Å². The number of hydrogen-bond acceptors (Lipinski definition) is 3. The van der Waals surface area contributed by atoms with E-state index in [1.807, 2.05) is 0 Å². The Hall–Kier alpha value is -0.590. The van der Waals surface area contributed by atoms with E-state index in [-0.39, 0.29) is 5.92 Å². The molecule has 1 aliphatic rings. The van der Waals surface area contributed by atoms with Crippen molar-refractivity contribution >= 4 is 0 Å². The van der Waals surface area contributed by atoms with Crippen molar-refractivity contribution in [2.24, 2.45) is 5.92 Å². The number of nitrogens with zero attached hydrogens (tertiary/aromatic N) is 1. The fraction of sp³-hybridized carbons (Fsp3) is 0.909. The van der Waals surface area contributed by atoms with Gasteiger partial charge in [0, 0.05) is 7.11 Å². The Labute approximate surface area is 85.7 Å². The fourth-order valence-electron chi connectivity index (χ4n) is 2.30. The maximum Gasteiger partial charge on any atom is 0.0984 e. The lowest BCUT2D eigenvalue weighted by Crippen LogP contribution is -2.48. The van der Waals surface area contributed by atoms with Gasteiger partial charge in [-0.1, -0.05) is 19.3 Å². The van der Waals surface area contributed by atoms with Crippen LogP contribution in [0.15, 0.2) is 0 Å². The number of aliphatic hydroxyl groups is 1. The van der Waals surface area contributed by atoms with Crippen LogP contribution in [0.1, 0.15) is 39.0 Å². The first-order valence-electron chi connectivity index (χ1n) is 5.29. The lowest BCUT2D eigenvalue weighted by atomic mass is 9.77. The first-order valence-corrected chi connectivity index (χ1v) is 5.29. The molecule has 1 fully saturated rings. The van der Waals surface area contributed by atoms with Gasteiger partial charge >= 0.3 is 0 Å². The molecule has 0 aliphatic heterocycles. The van der Waals surface area contributed by atoms with Crippen molar-refractivity contribution in [3.63, 3.8) is 0 Å². The zero-order valence-corrected chi connectivity index (χ0v) is 8.99. The predicted octanol–water partition coefficient (Wildman–Crippen LogP) is 1.86. The Morgan fingerprint density at radius 2 is 1.93 bits per heavy atom. The Balaban J connectivity index is 2.72. The average Bonchev–Trinajstić information content (AvgIpc) is 2.28. The standard InChI is InChI=1S/C11H19NO2/c1-9(8-12)10(13)11(14-2)6-4-3-5-7-11/h9-10,13H,3-7H2,1-2H3. The van der Waals surface area contributed by atoms with E-state index in [0.29, 0.717) is 0 Å². The molecule has 80 valence electrons. The molecule has 1 aliphatic carbocycles. The van der Waals surface area contributed by atoms with Crippen LogP contribution in [0.5, 0.6) is 0 Å². The summed E-state index contributed by atoms with van der Waals surface area (Å²) in [5, 5.41) is 18.8. The molecular formula is C11H19NO2. The monoisotopic (exact) mass is 197 g/mol. The van der Waals surface area contributed by atoms with Crippen LogP contribution in [0, 0.1) is 17.2 Å². The van der Waals surface area contributed by atoms with E-state index in [1.165, 1.54) is 6.42 Å². The molecule has 0 radical (unpaired) electrons. The summed E-state index contributed by atoms with van der Waals surface area (Å²) in [6.07, 6.45) is 4.47.